The van der Waals surface area contributed by atoms with Gasteiger partial charge in [-0.2, -0.15) is 4.37 Å². The number of benzene rings is 1. The Kier molecular flexibility index (Phi) is 4.09. The van der Waals surface area contributed by atoms with Crippen molar-refractivity contribution in [3.8, 4) is 16.9 Å². The number of rotatable bonds is 4. The first-order valence-electron chi connectivity index (χ1n) is 5.69. The molecule has 2 aromatic rings. The van der Waals surface area contributed by atoms with E-state index in [2.05, 4.69) is 4.37 Å². The van der Waals surface area contributed by atoms with Crippen LogP contribution in [0, 0.1) is 0 Å². The summed E-state index contributed by atoms with van der Waals surface area (Å²) in [5.74, 6) is 0.587. The SMILES string of the molecule is COc1ccc(-c2c(S(C)(=O)=O)nsc2S(C)(=O)=O)cc1. The van der Waals surface area contributed by atoms with E-state index in [1.54, 1.807) is 24.3 Å². The van der Waals surface area contributed by atoms with Crippen LogP contribution in [-0.2, 0) is 19.7 Å². The molecule has 0 saturated carbocycles. The number of aromatic nitrogens is 1. The average molecular weight is 347 g/mol. The Morgan fingerprint density at radius 2 is 1.57 bits per heavy atom. The predicted octanol–water partition coefficient (Wildman–Crippen LogP) is 1.63. The van der Waals surface area contributed by atoms with Crippen molar-refractivity contribution in [1.82, 2.24) is 4.37 Å². The van der Waals surface area contributed by atoms with Crippen molar-refractivity contribution >= 4 is 31.2 Å². The van der Waals surface area contributed by atoms with Gasteiger partial charge in [0.05, 0.1) is 12.7 Å². The smallest absolute Gasteiger partial charge is 0.194 e. The normalized spacial score (nSPS) is 12.3. The van der Waals surface area contributed by atoms with Gasteiger partial charge in [-0.3, -0.25) is 0 Å². The number of hydrogen-bond acceptors (Lipinski definition) is 7. The van der Waals surface area contributed by atoms with Crippen molar-refractivity contribution in [3.05, 3.63) is 24.3 Å². The fraction of sp³-hybridized carbons (Fsp3) is 0.250. The molecule has 9 heteroatoms. The third-order valence-corrected chi connectivity index (χ3v) is 6.46. The first-order valence-corrected chi connectivity index (χ1v) is 10.2. The third kappa shape index (κ3) is 3.25. The van der Waals surface area contributed by atoms with Crippen LogP contribution in [0.1, 0.15) is 0 Å². The highest BCUT2D eigenvalue weighted by atomic mass is 32.2. The van der Waals surface area contributed by atoms with Gasteiger partial charge in [-0.25, -0.2) is 16.8 Å². The van der Waals surface area contributed by atoms with Crippen molar-refractivity contribution in [2.75, 3.05) is 19.6 Å². The van der Waals surface area contributed by atoms with Crippen LogP contribution in [0.3, 0.4) is 0 Å². The Hall–Kier alpha value is -1.45. The van der Waals surface area contributed by atoms with Gasteiger partial charge in [0, 0.05) is 12.5 Å². The zero-order chi connectivity index (χ0) is 15.8. The van der Waals surface area contributed by atoms with Gasteiger partial charge in [-0.05, 0) is 29.2 Å². The fourth-order valence-electron chi connectivity index (χ4n) is 1.77. The molecule has 1 heterocycles. The molecule has 6 nitrogen and oxygen atoms in total. The first-order chi connectivity index (χ1) is 9.64. The maximum Gasteiger partial charge on any atom is 0.194 e. The maximum absolute atomic E-state index is 11.8. The molecule has 0 atom stereocenters. The van der Waals surface area contributed by atoms with E-state index in [1.165, 1.54) is 7.11 Å². The van der Waals surface area contributed by atoms with Gasteiger partial charge in [0.2, 0.25) is 0 Å². The van der Waals surface area contributed by atoms with E-state index in [-0.39, 0.29) is 14.8 Å². The highest BCUT2D eigenvalue weighted by Crippen LogP contribution is 2.36. The Balaban J connectivity index is 2.78. The lowest BCUT2D eigenvalue weighted by Crippen LogP contribution is -2.02. The summed E-state index contributed by atoms with van der Waals surface area (Å²) in [7, 11) is -5.70. The van der Waals surface area contributed by atoms with Crippen LogP contribution in [0.25, 0.3) is 11.1 Å². The van der Waals surface area contributed by atoms with Gasteiger partial charge in [-0.1, -0.05) is 12.1 Å². The highest BCUT2D eigenvalue weighted by molar-refractivity contribution is 7.93. The number of hydrogen-bond donors (Lipinski definition) is 0. The predicted molar refractivity (Wildman–Crippen MR) is 80.3 cm³/mol. The second-order valence-electron chi connectivity index (χ2n) is 4.42. The number of ether oxygens (including phenoxy) is 1. The summed E-state index contributed by atoms with van der Waals surface area (Å²) in [4.78, 5) is 0. The molecule has 0 bridgehead atoms. The van der Waals surface area contributed by atoms with Crippen LogP contribution >= 0.6 is 11.5 Å². The van der Waals surface area contributed by atoms with E-state index in [4.69, 9.17) is 4.74 Å². The molecular weight excluding hydrogens is 334 g/mol. The summed E-state index contributed by atoms with van der Waals surface area (Å²) >= 11 is 0.666. The molecule has 0 saturated heterocycles. The van der Waals surface area contributed by atoms with E-state index in [0.717, 1.165) is 12.5 Å². The van der Waals surface area contributed by atoms with Gasteiger partial charge in [0.1, 0.15) is 9.96 Å². The fourth-order valence-corrected chi connectivity index (χ4v) is 4.94. The molecule has 114 valence electrons. The molecule has 0 fully saturated rings. The molecule has 2 rings (SSSR count). The third-order valence-electron chi connectivity index (χ3n) is 2.70. The zero-order valence-electron chi connectivity index (χ0n) is 11.5. The summed E-state index contributed by atoms with van der Waals surface area (Å²) in [5, 5.41) is -0.224. The molecule has 1 aromatic carbocycles. The van der Waals surface area contributed by atoms with Gasteiger partial charge in [0.15, 0.2) is 24.7 Å². The highest BCUT2D eigenvalue weighted by Gasteiger charge is 2.27. The number of nitrogens with zero attached hydrogens (tertiary/aromatic N) is 1. The van der Waals surface area contributed by atoms with Crippen LogP contribution in [0.15, 0.2) is 33.5 Å². The van der Waals surface area contributed by atoms with Crippen LogP contribution in [0.2, 0.25) is 0 Å². The minimum Gasteiger partial charge on any atom is -0.497 e. The van der Waals surface area contributed by atoms with Crippen LogP contribution in [-0.4, -0.2) is 40.8 Å². The molecular formula is C12H13NO5S3. The number of methoxy groups -OCH3 is 1. The lowest BCUT2D eigenvalue weighted by Gasteiger charge is -2.06. The van der Waals surface area contributed by atoms with E-state index in [9.17, 15) is 16.8 Å². The quantitative estimate of drug-likeness (QED) is 0.835. The molecule has 0 aliphatic rings. The van der Waals surface area contributed by atoms with E-state index >= 15 is 0 Å². The van der Waals surface area contributed by atoms with Crippen LogP contribution in [0.5, 0.6) is 5.75 Å². The molecule has 0 aliphatic carbocycles. The minimum absolute atomic E-state index is 0.0620. The lowest BCUT2D eigenvalue weighted by molar-refractivity contribution is 0.415. The summed E-state index contributed by atoms with van der Waals surface area (Å²) in [6.45, 7) is 0. The average Bonchev–Trinajstić information content (AvgIpc) is 2.83. The standard InChI is InChI=1S/C12H13NO5S3/c1-18-9-6-4-8(5-7-9)10-11(20(2,14)15)13-19-12(10)21(3,16)17/h4-7H,1-3H3. The van der Waals surface area contributed by atoms with Crippen LogP contribution in [0.4, 0.5) is 0 Å². The number of sulfone groups is 2. The Labute approximate surface area is 127 Å². The lowest BCUT2D eigenvalue weighted by atomic mass is 10.1. The van der Waals surface area contributed by atoms with Crippen molar-refractivity contribution in [1.29, 1.82) is 0 Å². The molecule has 21 heavy (non-hydrogen) atoms. The van der Waals surface area contributed by atoms with Gasteiger partial charge >= 0.3 is 0 Å². The summed E-state index contributed by atoms with van der Waals surface area (Å²) in [6.07, 6.45) is 2.03. The Bertz CT molecular complexity index is 815. The first kappa shape index (κ1) is 15.9. The minimum atomic E-state index is -3.63. The monoisotopic (exact) mass is 347 g/mol. The van der Waals surface area contributed by atoms with E-state index in [0.29, 0.717) is 22.8 Å². The molecule has 0 spiro atoms. The molecule has 1 aromatic heterocycles. The van der Waals surface area contributed by atoms with Crippen molar-refractivity contribution in [2.45, 2.75) is 9.24 Å². The zero-order valence-corrected chi connectivity index (χ0v) is 14.0. The van der Waals surface area contributed by atoms with Crippen molar-refractivity contribution in [2.24, 2.45) is 0 Å². The van der Waals surface area contributed by atoms with Gasteiger partial charge < -0.3 is 4.74 Å². The second-order valence-corrected chi connectivity index (χ2v) is 9.34. The van der Waals surface area contributed by atoms with E-state index < -0.39 is 19.7 Å². The van der Waals surface area contributed by atoms with Gasteiger partial charge in [-0.15, -0.1) is 0 Å². The summed E-state index contributed by atoms with van der Waals surface area (Å²) in [6, 6.07) is 6.47. The maximum atomic E-state index is 11.8. The topological polar surface area (TPSA) is 90.4 Å². The molecule has 0 radical (unpaired) electrons. The Morgan fingerprint density at radius 3 is 2.00 bits per heavy atom. The van der Waals surface area contributed by atoms with Crippen molar-refractivity contribution in [3.63, 3.8) is 0 Å². The Morgan fingerprint density at radius 1 is 1.00 bits per heavy atom. The van der Waals surface area contributed by atoms with Crippen LogP contribution < -0.4 is 4.74 Å². The molecule has 0 N–H and O–H groups in total. The largest absolute Gasteiger partial charge is 0.497 e. The van der Waals surface area contributed by atoms with E-state index in [1.807, 2.05) is 0 Å². The molecule has 0 aliphatic heterocycles. The molecule has 0 amide bonds. The second kappa shape index (κ2) is 5.39. The summed E-state index contributed by atoms with van der Waals surface area (Å²) < 4.78 is 56.1. The summed E-state index contributed by atoms with van der Waals surface area (Å²) in [5.41, 5.74) is 0.582. The van der Waals surface area contributed by atoms with Crippen molar-refractivity contribution < 1.29 is 21.6 Å². The van der Waals surface area contributed by atoms with Gasteiger partial charge in [0.25, 0.3) is 0 Å². The molecule has 0 unspecified atom stereocenters.